The van der Waals surface area contributed by atoms with E-state index in [4.69, 9.17) is 23.2 Å². The molecular weight excluding hydrogens is 211 g/mol. The first kappa shape index (κ1) is 9.75. The first-order valence-corrected chi connectivity index (χ1v) is 5.11. The summed E-state index contributed by atoms with van der Waals surface area (Å²) < 4.78 is -1.56. The normalized spacial score (nSPS) is 45.6. The smallest absolute Gasteiger partial charge is 0.205 e. The lowest BCUT2D eigenvalue weighted by Gasteiger charge is -2.49. The molecule has 2 nitrogen and oxygen atoms in total. The quantitative estimate of drug-likeness (QED) is 0.637. The SMILES string of the molecule is CC1(C)CC2C(=O)C(Cl)(Cl)C2(O)C1. The van der Waals surface area contributed by atoms with Crippen molar-refractivity contribution in [2.24, 2.45) is 11.3 Å². The van der Waals surface area contributed by atoms with Gasteiger partial charge in [0.15, 0.2) is 5.78 Å². The molecule has 0 radical (unpaired) electrons. The average Bonchev–Trinajstić information content (AvgIpc) is 2.19. The van der Waals surface area contributed by atoms with E-state index in [1.807, 2.05) is 13.8 Å². The second-order valence-electron chi connectivity index (χ2n) is 4.96. The van der Waals surface area contributed by atoms with Crippen molar-refractivity contribution in [1.82, 2.24) is 0 Å². The topological polar surface area (TPSA) is 37.3 Å². The van der Waals surface area contributed by atoms with E-state index >= 15 is 0 Å². The second kappa shape index (κ2) is 2.23. The van der Waals surface area contributed by atoms with Crippen molar-refractivity contribution >= 4 is 29.0 Å². The van der Waals surface area contributed by atoms with Gasteiger partial charge in [-0.15, -0.1) is 0 Å². The first-order chi connectivity index (χ1) is 5.71. The predicted molar refractivity (Wildman–Crippen MR) is 50.9 cm³/mol. The molecule has 2 atom stereocenters. The predicted octanol–water partition coefficient (Wildman–Crippen LogP) is 1.91. The summed E-state index contributed by atoms with van der Waals surface area (Å²) >= 11 is 11.6. The molecule has 74 valence electrons. The van der Waals surface area contributed by atoms with Crippen molar-refractivity contribution in [3.63, 3.8) is 0 Å². The Morgan fingerprint density at radius 1 is 1.46 bits per heavy atom. The number of hydrogen-bond acceptors (Lipinski definition) is 2. The second-order valence-corrected chi connectivity index (χ2v) is 6.29. The van der Waals surface area contributed by atoms with E-state index in [9.17, 15) is 9.90 Å². The molecule has 0 amide bonds. The summed E-state index contributed by atoms with van der Waals surface area (Å²) in [6.45, 7) is 4.03. The highest BCUT2D eigenvalue weighted by Crippen LogP contribution is 2.64. The molecule has 0 heterocycles. The molecule has 2 aliphatic rings. The molecule has 2 saturated carbocycles. The maximum absolute atomic E-state index is 11.4. The number of aliphatic hydroxyl groups is 1. The van der Waals surface area contributed by atoms with Gasteiger partial charge in [-0.25, -0.2) is 0 Å². The van der Waals surface area contributed by atoms with Gasteiger partial charge in [0.25, 0.3) is 0 Å². The Morgan fingerprint density at radius 3 is 2.46 bits per heavy atom. The summed E-state index contributed by atoms with van der Waals surface area (Å²) in [5.74, 6) is -0.568. The van der Waals surface area contributed by atoms with Gasteiger partial charge in [-0.3, -0.25) is 4.79 Å². The van der Waals surface area contributed by atoms with Gasteiger partial charge in [0.05, 0.1) is 5.92 Å². The van der Waals surface area contributed by atoms with Gasteiger partial charge in [0.2, 0.25) is 4.33 Å². The van der Waals surface area contributed by atoms with E-state index in [1.54, 1.807) is 0 Å². The van der Waals surface area contributed by atoms with Crippen LogP contribution in [-0.2, 0) is 4.79 Å². The Hall–Kier alpha value is 0.210. The summed E-state index contributed by atoms with van der Waals surface area (Å²) in [4.78, 5) is 11.4. The number of carbonyl (C=O) groups excluding carboxylic acids is 1. The molecule has 0 bridgehead atoms. The summed E-state index contributed by atoms with van der Waals surface area (Å²) in [5, 5.41) is 10.1. The summed E-state index contributed by atoms with van der Waals surface area (Å²) in [6, 6.07) is 0. The van der Waals surface area contributed by atoms with Crippen LogP contribution in [0.4, 0.5) is 0 Å². The van der Waals surface area contributed by atoms with Gasteiger partial charge in [0.1, 0.15) is 5.60 Å². The third-order valence-electron chi connectivity index (χ3n) is 3.25. The number of fused-ring (bicyclic) bond motifs is 1. The Bertz CT molecular complexity index is 285. The molecule has 0 aromatic heterocycles. The zero-order valence-corrected chi connectivity index (χ0v) is 9.11. The van der Waals surface area contributed by atoms with Gasteiger partial charge >= 0.3 is 0 Å². The third-order valence-corrected chi connectivity index (χ3v) is 4.28. The van der Waals surface area contributed by atoms with Crippen LogP contribution in [0.1, 0.15) is 26.7 Å². The summed E-state index contributed by atoms with van der Waals surface area (Å²) in [5.41, 5.74) is -1.22. The van der Waals surface area contributed by atoms with Gasteiger partial charge in [-0.1, -0.05) is 37.0 Å². The highest BCUT2D eigenvalue weighted by molar-refractivity contribution is 6.62. The molecule has 0 aromatic rings. The lowest BCUT2D eigenvalue weighted by atomic mass is 9.69. The lowest BCUT2D eigenvalue weighted by Crippen LogP contribution is -2.68. The molecule has 2 unspecified atom stereocenters. The van der Waals surface area contributed by atoms with Crippen molar-refractivity contribution in [3.05, 3.63) is 0 Å². The van der Waals surface area contributed by atoms with E-state index < -0.39 is 9.93 Å². The highest BCUT2D eigenvalue weighted by atomic mass is 35.5. The van der Waals surface area contributed by atoms with Crippen molar-refractivity contribution in [1.29, 1.82) is 0 Å². The van der Waals surface area contributed by atoms with E-state index in [-0.39, 0.29) is 17.1 Å². The molecule has 0 saturated heterocycles. The average molecular weight is 223 g/mol. The fourth-order valence-electron chi connectivity index (χ4n) is 2.64. The van der Waals surface area contributed by atoms with E-state index in [0.29, 0.717) is 12.8 Å². The van der Waals surface area contributed by atoms with Gasteiger partial charge in [-0.05, 0) is 18.3 Å². The molecule has 0 aliphatic heterocycles. The lowest BCUT2D eigenvalue weighted by molar-refractivity contribution is -0.155. The fraction of sp³-hybridized carbons (Fsp3) is 0.889. The minimum Gasteiger partial charge on any atom is -0.385 e. The van der Waals surface area contributed by atoms with Crippen LogP contribution >= 0.6 is 23.2 Å². The van der Waals surface area contributed by atoms with E-state index in [0.717, 1.165) is 0 Å². The zero-order chi connectivity index (χ0) is 10.1. The van der Waals surface area contributed by atoms with Crippen LogP contribution in [0.15, 0.2) is 0 Å². The molecular formula is C9H12Cl2O2. The molecule has 0 aromatic carbocycles. The third kappa shape index (κ3) is 0.971. The number of ketones is 1. The van der Waals surface area contributed by atoms with Crippen LogP contribution in [0.5, 0.6) is 0 Å². The number of hydrogen-bond donors (Lipinski definition) is 1. The van der Waals surface area contributed by atoms with Crippen LogP contribution in [0.25, 0.3) is 0 Å². The minimum absolute atomic E-state index is 0.0411. The van der Waals surface area contributed by atoms with Crippen LogP contribution < -0.4 is 0 Å². The van der Waals surface area contributed by atoms with E-state index in [1.165, 1.54) is 0 Å². The molecule has 2 rings (SSSR count). The van der Waals surface area contributed by atoms with Gasteiger partial charge in [-0.2, -0.15) is 0 Å². The Kier molecular flexibility index (Phi) is 1.68. The number of carbonyl (C=O) groups is 1. The van der Waals surface area contributed by atoms with Gasteiger partial charge < -0.3 is 5.11 Å². The fourth-order valence-corrected chi connectivity index (χ4v) is 3.30. The number of halogens is 2. The van der Waals surface area contributed by atoms with Crippen molar-refractivity contribution in [2.75, 3.05) is 0 Å². The van der Waals surface area contributed by atoms with Crippen molar-refractivity contribution in [3.8, 4) is 0 Å². The van der Waals surface area contributed by atoms with Gasteiger partial charge in [0, 0.05) is 0 Å². The highest BCUT2D eigenvalue weighted by Gasteiger charge is 2.75. The monoisotopic (exact) mass is 222 g/mol. The maximum atomic E-state index is 11.4. The Labute approximate surface area is 87.2 Å². The standard InChI is InChI=1S/C9H12Cl2O2/c1-7(2)3-5-6(12)9(10,11)8(5,13)4-7/h5,13H,3-4H2,1-2H3. The van der Waals surface area contributed by atoms with Crippen LogP contribution in [0, 0.1) is 11.3 Å². The zero-order valence-electron chi connectivity index (χ0n) is 7.60. The number of Topliss-reactive ketones (excluding diaryl/α,β-unsaturated/α-hetero) is 1. The van der Waals surface area contributed by atoms with Crippen LogP contribution in [-0.4, -0.2) is 20.8 Å². The largest absolute Gasteiger partial charge is 0.385 e. The molecule has 4 heteroatoms. The molecule has 2 aliphatic carbocycles. The van der Waals surface area contributed by atoms with Crippen molar-refractivity contribution in [2.45, 2.75) is 36.6 Å². The molecule has 0 spiro atoms. The molecule has 13 heavy (non-hydrogen) atoms. The van der Waals surface area contributed by atoms with E-state index in [2.05, 4.69) is 0 Å². The van der Waals surface area contributed by atoms with Crippen molar-refractivity contribution < 1.29 is 9.90 Å². The molecule has 2 fully saturated rings. The first-order valence-electron chi connectivity index (χ1n) is 4.35. The summed E-state index contributed by atoms with van der Waals surface area (Å²) in [7, 11) is 0. The Morgan fingerprint density at radius 2 is 2.00 bits per heavy atom. The minimum atomic E-state index is -1.56. The molecule has 1 N–H and O–H groups in total. The van der Waals surface area contributed by atoms with Crippen LogP contribution in [0.3, 0.4) is 0 Å². The number of rotatable bonds is 0. The summed E-state index contributed by atoms with van der Waals surface area (Å²) in [6.07, 6.45) is 1.19. The van der Waals surface area contributed by atoms with Crippen LogP contribution in [0.2, 0.25) is 0 Å². The number of alkyl halides is 2. The maximum Gasteiger partial charge on any atom is 0.205 e. The Balaban J connectivity index is 2.36.